The van der Waals surface area contributed by atoms with Crippen LogP contribution in [0.4, 0.5) is 10.1 Å². The molecule has 1 heterocycles. The van der Waals surface area contributed by atoms with Crippen LogP contribution in [0, 0.1) is 5.82 Å². The third-order valence-corrected chi connectivity index (χ3v) is 4.06. The second-order valence-corrected chi connectivity index (χ2v) is 5.66. The van der Waals surface area contributed by atoms with E-state index in [-0.39, 0.29) is 5.69 Å². The van der Waals surface area contributed by atoms with Crippen LogP contribution in [-0.2, 0) is 0 Å². The first-order valence-electron chi connectivity index (χ1n) is 7.86. The quantitative estimate of drug-likeness (QED) is 0.421. The lowest BCUT2D eigenvalue weighted by atomic mass is 10.00. The highest BCUT2D eigenvalue weighted by molar-refractivity contribution is 6.16. The summed E-state index contributed by atoms with van der Waals surface area (Å²) >= 11 is 0. The van der Waals surface area contributed by atoms with Gasteiger partial charge in [-0.2, -0.15) is 0 Å². The van der Waals surface area contributed by atoms with Crippen LogP contribution in [-0.4, -0.2) is 16.8 Å². The fourth-order valence-corrected chi connectivity index (χ4v) is 2.79. The van der Waals surface area contributed by atoms with Crippen molar-refractivity contribution in [2.24, 2.45) is 4.99 Å². The highest BCUT2D eigenvalue weighted by Crippen LogP contribution is 2.40. The van der Waals surface area contributed by atoms with E-state index in [9.17, 15) is 9.18 Å². The van der Waals surface area contributed by atoms with Crippen LogP contribution < -0.4 is 10.2 Å². The Morgan fingerprint density at radius 2 is 1.69 bits per heavy atom. The standard InChI is InChI=1S/C20H13FN2O3/c21-15-5-3-7-17-19(15)22-18(14-4-1-2-6-16(14)26-17)12-8-10-13(11-9-12)20(24)23-25/h1-11,25H,(H,23,24). The number of carbonyl (C=O) groups is 1. The van der Waals surface area contributed by atoms with Gasteiger partial charge in [-0.15, -0.1) is 0 Å². The average molecular weight is 348 g/mol. The Morgan fingerprint density at radius 3 is 2.46 bits per heavy atom. The van der Waals surface area contributed by atoms with Crippen LogP contribution in [0.5, 0.6) is 11.5 Å². The molecule has 4 rings (SSSR count). The maximum atomic E-state index is 14.3. The van der Waals surface area contributed by atoms with Gasteiger partial charge in [0.15, 0.2) is 11.6 Å². The number of halogens is 1. The molecule has 0 atom stereocenters. The number of nitrogens with zero attached hydrogens (tertiary/aromatic N) is 1. The van der Waals surface area contributed by atoms with Crippen molar-refractivity contribution < 1.29 is 19.1 Å². The second kappa shape index (κ2) is 6.42. The maximum Gasteiger partial charge on any atom is 0.274 e. The molecular formula is C20H13FN2O3. The first kappa shape index (κ1) is 16.0. The summed E-state index contributed by atoms with van der Waals surface area (Å²) in [5.74, 6) is -0.194. The van der Waals surface area contributed by atoms with E-state index < -0.39 is 11.7 Å². The lowest BCUT2D eigenvalue weighted by Gasteiger charge is -2.10. The molecule has 0 radical (unpaired) electrons. The molecule has 0 aliphatic carbocycles. The molecule has 0 spiro atoms. The molecule has 1 aliphatic heterocycles. The molecule has 128 valence electrons. The van der Waals surface area contributed by atoms with Crippen LogP contribution in [0.3, 0.4) is 0 Å². The molecule has 0 bridgehead atoms. The van der Waals surface area contributed by atoms with Gasteiger partial charge in [-0.25, -0.2) is 14.9 Å². The van der Waals surface area contributed by atoms with Gasteiger partial charge >= 0.3 is 0 Å². The second-order valence-electron chi connectivity index (χ2n) is 5.66. The molecule has 5 nitrogen and oxygen atoms in total. The Morgan fingerprint density at radius 1 is 0.962 bits per heavy atom. The normalized spacial score (nSPS) is 12.2. The zero-order chi connectivity index (χ0) is 18.1. The summed E-state index contributed by atoms with van der Waals surface area (Å²) in [6, 6.07) is 18.3. The predicted octanol–water partition coefficient (Wildman–Crippen LogP) is 4.22. The van der Waals surface area contributed by atoms with Crippen molar-refractivity contribution in [2.45, 2.75) is 0 Å². The van der Waals surface area contributed by atoms with Gasteiger partial charge in [0.1, 0.15) is 11.4 Å². The van der Waals surface area contributed by atoms with Gasteiger partial charge in [0.2, 0.25) is 0 Å². The average Bonchev–Trinajstić information content (AvgIpc) is 2.85. The van der Waals surface area contributed by atoms with Gasteiger partial charge in [0, 0.05) is 16.7 Å². The fraction of sp³-hybridized carbons (Fsp3) is 0. The smallest absolute Gasteiger partial charge is 0.274 e. The first-order chi connectivity index (χ1) is 12.7. The number of aliphatic imine (C=N–C) groups is 1. The van der Waals surface area contributed by atoms with Crippen molar-refractivity contribution in [3.63, 3.8) is 0 Å². The van der Waals surface area contributed by atoms with Crippen molar-refractivity contribution in [1.82, 2.24) is 5.48 Å². The van der Waals surface area contributed by atoms with Crippen LogP contribution in [0.15, 0.2) is 71.7 Å². The summed E-state index contributed by atoms with van der Waals surface area (Å²) in [5, 5.41) is 8.73. The zero-order valence-corrected chi connectivity index (χ0v) is 13.4. The lowest BCUT2D eigenvalue weighted by Crippen LogP contribution is -2.18. The summed E-state index contributed by atoms with van der Waals surface area (Å²) in [6.07, 6.45) is 0. The van der Waals surface area contributed by atoms with Crippen molar-refractivity contribution in [3.8, 4) is 11.5 Å². The highest BCUT2D eigenvalue weighted by Gasteiger charge is 2.21. The molecule has 6 heteroatoms. The van der Waals surface area contributed by atoms with Crippen molar-refractivity contribution in [1.29, 1.82) is 0 Å². The van der Waals surface area contributed by atoms with E-state index in [1.807, 2.05) is 18.2 Å². The molecule has 0 aromatic heterocycles. The molecule has 1 amide bonds. The Bertz CT molecular complexity index is 1030. The molecular weight excluding hydrogens is 335 g/mol. The number of carbonyl (C=O) groups excluding carboxylic acids is 1. The SMILES string of the molecule is O=C(NO)c1ccc(C2=Nc3c(F)cccc3Oc3ccccc32)cc1. The summed E-state index contributed by atoms with van der Waals surface area (Å²) in [5.41, 5.74) is 3.93. The third-order valence-electron chi connectivity index (χ3n) is 4.06. The van der Waals surface area contributed by atoms with Gasteiger partial charge in [-0.1, -0.05) is 30.3 Å². The Hall–Kier alpha value is -3.51. The summed E-state index contributed by atoms with van der Waals surface area (Å²) < 4.78 is 20.2. The Labute approximate surface area is 148 Å². The minimum Gasteiger partial charge on any atom is -0.454 e. The molecule has 0 fully saturated rings. The number of amides is 1. The molecule has 3 aromatic carbocycles. The highest BCUT2D eigenvalue weighted by atomic mass is 19.1. The molecule has 1 aliphatic rings. The number of hydrogen-bond donors (Lipinski definition) is 2. The molecule has 0 saturated carbocycles. The first-order valence-corrected chi connectivity index (χ1v) is 7.86. The largest absolute Gasteiger partial charge is 0.454 e. The molecule has 0 saturated heterocycles. The predicted molar refractivity (Wildman–Crippen MR) is 93.9 cm³/mol. The fourth-order valence-electron chi connectivity index (χ4n) is 2.79. The van der Waals surface area contributed by atoms with Gasteiger partial charge < -0.3 is 4.74 Å². The van der Waals surface area contributed by atoms with E-state index in [2.05, 4.69) is 4.99 Å². The number of para-hydroxylation sites is 2. The third kappa shape index (κ3) is 2.72. The number of benzene rings is 3. The summed E-state index contributed by atoms with van der Waals surface area (Å²) in [4.78, 5) is 16.0. The number of ether oxygens (including phenoxy) is 1. The van der Waals surface area contributed by atoms with Gasteiger partial charge in [-0.05, 0) is 36.4 Å². The molecule has 26 heavy (non-hydrogen) atoms. The Balaban J connectivity index is 1.90. The van der Waals surface area contributed by atoms with Crippen LogP contribution >= 0.6 is 0 Å². The number of hydroxylamine groups is 1. The zero-order valence-electron chi connectivity index (χ0n) is 13.4. The van der Waals surface area contributed by atoms with Crippen LogP contribution in [0.1, 0.15) is 21.5 Å². The van der Waals surface area contributed by atoms with E-state index >= 15 is 0 Å². The van der Waals surface area contributed by atoms with E-state index in [0.717, 1.165) is 0 Å². The van der Waals surface area contributed by atoms with Gasteiger partial charge in [0.25, 0.3) is 5.91 Å². The number of rotatable bonds is 2. The maximum absolute atomic E-state index is 14.3. The van der Waals surface area contributed by atoms with E-state index in [4.69, 9.17) is 9.94 Å². The molecule has 3 aromatic rings. The topological polar surface area (TPSA) is 70.9 Å². The van der Waals surface area contributed by atoms with Crippen LogP contribution in [0.2, 0.25) is 0 Å². The van der Waals surface area contributed by atoms with E-state index in [0.29, 0.717) is 33.9 Å². The number of hydrogen-bond acceptors (Lipinski definition) is 4. The van der Waals surface area contributed by atoms with E-state index in [1.54, 1.807) is 47.9 Å². The monoisotopic (exact) mass is 348 g/mol. The summed E-state index contributed by atoms with van der Waals surface area (Å²) in [6.45, 7) is 0. The van der Waals surface area contributed by atoms with E-state index in [1.165, 1.54) is 6.07 Å². The van der Waals surface area contributed by atoms with Crippen LogP contribution in [0.25, 0.3) is 0 Å². The molecule has 2 N–H and O–H groups in total. The Kier molecular flexibility index (Phi) is 3.95. The number of fused-ring (bicyclic) bond motifs is 2. The lowest BCUT2D eigenvalue weighted by molar-refractivity contribution is 0.0706. The van der Waals surface area contributed by atoms with Crippen molar-refractivity contribution >= 4 is 17.3 Å². The van der Waals surface area contributed by atoms with Gasteiger partial charge in [-0.3, -0.25) is 10.0 Å². The minimum atomic E-state index is -0.612. The molecule has 0 unspecified atom stereocenters. The van der Waals surface area contributed by atoms with Crippen molar-refractivity contribution in [3.05, 3.63) is 89.2 Å². The van der Waals surface area contributed by atoms with Crippen molar-refractivity contribution in [2.75, 3.05) is 0 Å². The van der Waals surface area contributed by atoms with Gasteiger partial charge in [0.05, 0.1) is 5.71 Å². The number of nitrogens with one attached hydrogen (secondary N) is 1. The minimum absolute atomic E-state index is 0.121. The summed E-state index contributed by atoms with van der Waals surface area (Å²) in [7, 11) is 0.